The number of rotatable bonds is 3. The highest BCUT2D eigenvalue weighted by molar-refractivity contribution is 5.50. The fourth-order valence-corrected chi connectivity index (χ4v) is 3.39. The van der Waals surface area contributed by atoms with Gasteiger partial charge in [-0.2, -0.15) is 0 Å². The molecule has 0 spiro atoms. The first-order valence-electron chi connectivity index (χ1n) is 7.26. The van der Waals surface area contributed by atoms with Crippen LogP contribution < -0.4 is 5.32 Å². The van der Waals surface area contributed by atoms with E-state index in [1.807, 2.05) is 7.11 Å². The van der Waals surface area contributed by atoms with Crippen LogP contribution in [0.15, 0.2) is 18.2 Å². The lowest BCUT2D eigenvalue weighted by Gasteiger charge is -2.29. The van der Waals surface area contributed by atoms with Gasteiger partial charge in [0.15, 0.2) is 0 Å². The van der Waals surface area contributed by atoms with Crippen LogP contribution in [0.2, 0.25) is 0 Å². The van der Waals surface area contributed by atoms with E-state index in [-0.39, 0.29) is 0 Å². The number of benzene rings is 1. The number of fused-ring (bicyclic) bond motifs is 1. The Morgan fingerprint density at radius 3 is 2.89 bits per heavy atom. The standard InChI is InChI=1S/C16H23NO/c1-18-16-7-3-6-14(11-16)17-15-9-8-12-4-2-5-13(12)10-15/h8-10,14,16-17H,2-7,11H2,1H3. The van der Waals surface area contributed by atoms with Gasteiger partial charge in [-0.25, -0.2) is 0 Å². The molecule has 3 rings (SSSR count). The van der Waals surface area contributed by atoms with Gasteiger partial charge in [0.2, 0.25) is 0 Å². The van der Waals surface area contributed by atoms with Gasteiger partial charge in [-0.15, -0.1) is 0 Å². The molecule has 0 radical (unpaired) electrons. The maximum Gasteiger partial charge on any atom is 0.0590 e. The summed E-state index contributed by atoms with van der Waals surface area (Å²) in [6.45, 7) is 0. The summed E-state index contributed by atoms with van der Waals surface area (Å²) in [5.74, 6) is 0. The van der Waals surface area contributed by atoms with Crippen molar-refractivity contribution in [3.05, 3.63) is 29.3 Å². The molecular weight excluding hydrogens is 222 g/mol. The Kier molecular flexibility index (Phi) is 3.55. The number of ether oxygens (including phenoxy) is 1. The highest BCUT2D eigenvalue weighted by Crippen LogP contribution is 2.28. The van der Waals surface area contributed by atoms with Crippen molar-refractivity contribution in [1.82, 2.24) is 0 Å². The molecule has 0 aliphatic heterocycles. The fourth-order valence-electron chi connectivity index (χ4n) is 3.39. The average molecular weight is 245 g/mol. The third kappa shape index (κ3) is 2.54. The van der Waals surface area contributed by atoms with Crippen molar-refractivity contribution >= 4 is 5.69 Å². The molecule has 2 unspecified atom stereocenters. The second-order valence-electron chi connectivity index (χ2n) is 5.70. The zero-order valence-electron chi connectivity index (χ0n) is 11.2. The SMILES string of the molecule is COC1CCCC(Nc2ccc3c(c2)CCC3)C1. The minimum Gasteiger partial charge on any atom is -0.382 e. The highest BCUT2D eigenvalue weighted by atomic mass is 16.5. The van der Waals surface area contributed by atoms with E-state index in [1.54, 1.807) is 11.1 Å². The van der Waals surface area contributed by atoms with Crippen LogP contribution in [-0.4, -0.2) is 19.3 Å². The number of nitrogens with one attached hydrogen (secondary N) is 1. The molecule has 2 nitrogen and oxygen atoms in total. The molecule has 0 saturated heterocycles. The number of anilines is 1. The molecule has 1 N–H and O–H groups in total. The van der Waals surface area contributed by atoms with Crippen LogP contribution in [0.5, 0.6) is 0 Å². The molecule has 1 fully saturated rings. The van der Waals surface area contributed by atoms with Crippen LogP contribution in [0.3, 0.4) is 0 Å². The first-order chi connectivity index (χ1) is 8.85. The van der Waals surface area contributed by atoms with Crippen molar-refractivity contribution in [3.63, 3.8) is 0 Å². The van der Waals surface area contributed by atoms with Crippen LogP contribution in [0.25, 0.3) is 0 Å². The summed E-state index contributed by atoms with van der Waals surface area (Å²) in [6.07, 6.45) is 9.23. The Balaban J connectivity index is 1.65. The van der Waals surface area contributed by atoms with Crippen molar-refractivity contribution in [1.29, 1.82) is 0 Å². The first-order valence-corrected chi connectivity index (χ1v) is 7.26. The van der Waals surface area contributed by atoms with Crippen molar-refractivity contribution in [2.24, 2.45) is 0 Å². The molecular formula is C16H23NO. The van der Waals surface area contributed by atoms with Gasteiger partial charge >= 0.3 is 0 Å². The van der Waals surface area contributed by atoms with Crippen LogP contribution in [0, 0.1) is 0 Å². The predicted octanol–water partition coefficient (Wildman–Crippen LogP) is 3.54. The third-order valence-electron chi connectivity index (χ3n) is 4.43. The summed E-state index contributed by atoms with van der Waals surface area (Å²) in [7, 11) is 1.84. The molecule has 1 aromatic rings. The molecule has 98 valence electrons. The van der Waals surface area contributed by atoms with Gasteiger partial charge < -0.3 is 10.1 Å². The van der Waals surface area contributed by atoms with E-state index < -0.39 is 0 Å². The largest absolute Gasteiger partial charge is 0.382 e. The number of hydrogen-bond donors (Lipinski definition) is 1. The Hall–Kier alpha value is -1.02. The number of aryl methyl sites for hydroxylation is 2. The summed E-state index contributed by atoms with van der Waals surface area (Å²) in [4.78, 5) is 0. The molecule has 0 bridgehead atoms. The average Bonchev–Trinajstić information content (AvgIpc) is 2.86. The quantitative estimate of drug-likeness (QED) is 0.879. The maximum absolute atomic E-state index is 5.49. The van der Waals surface area contributed by atoms with Gasteiger partial charge in [0, 0.05) is 18.8 Å². The van der Waals surface area contributed by atoms with E-state index in [0.717, 1.165) is 6.42 Å². The number of hydrogen-bond acceptors (Lipinski definition) is 2. The lowest BCUT2D eigenvalue weighted by atomic mass is 9.92. The van der Waals surface area contributed by atoms with Gasteiger partial charge in [0.05, 0.1) is 6.10 Å². The Bertz CT molecular complexity index is 416. The van der Waals surface area contributed by atoms with Gasteiger partial charge in [0.1, 0.15) is 0 Å². The summed E-state index contributed by atoms with van der Waals surface area (Å²) in [5, 5.41) is 3.69. The van der Waals surface area contributed by atoms with E-state index in [4.69, 9.17) is 4.74 Å². The topological polar surface area (TPSA) is 21.3 Å². The minimum atomic E-state index is 0.450. The maximum atomic E-state index is 5.49. The van der Waals surface area contributed by atoms with Gasteiger partial charge in [-0.3, -0.25) is 0 Å². The Morgan fingerprint density at radius 2 is 2.00 bits per heavy atom. The molecule has 0 aromatic heterocycles. The van der Waals surface area contributed by atoms with E-state index in [1.165, 1.54) is 44.2 Å². The van der Waals surface area contributed by atoms with E-state index in [9.17, 15) is 0 Å². The second-order valence-corrected chi connectivity index (χ2v) is 5.70. The third-order valence-corrected chi connectivity index (χ3v) is 4.43. The molecule has 2 aliphatic carbocycles. The van der Waals surface area contributed by atoms with Crippen molar-refractivity contribution in [2.45, 2.75) is 57.1 Å². The zero-order chi connectivity index (χ0) is 12.4. The Labute approximate surface area is 110 Å². The molecule has 2 heteroatoms. The molecule has 1 aromatic carbocycles. The lowest BCUT2D eigenvalue weighted by Crippen LogP contribution is -2.31. The summed E-state index contributed by atoms with van der Waals surface area (Å²) < 4.78 is 5.49. The van der Waals surface area contributed by atoms with Crippen molar-refractivity contribution in [3.8, 4) is 0 Å². The van der Waals surface area contributed by atoms with Gasteiger partial charge in [-0.05, 0) is 68.2 Å². The van der Waals surface area contributed by atoms with E-state index >= 15 is 0 Å². The first kappa shape index (κ1) is 12.0. The highest BCUT2D eigenvalue weighted by Gasteiger charge is 2.21. The number of methoxy groups -OCH3 is 1. The summed E-state index contributed by atoms with van der Waals surface area (Å²) >= 11 is 0. The van der Waals surface area contributed by atoms with Gasteiger partial charge in [0.25, 0.3) is 0 Å². The van der Waals surface area contributed by atoms with Crippen LogP contribution in [-0.2, 0) is 17.6 Å². The van der Waals surface area contributed by atoms with Crippen molar-refractivity contribution in [2.75, 3.05) is 12.4 Å². The minimum absolute atomic E-state index is 0.450. The molecule has 2 aliphatic rings. The molecule has 18 heavy (non-hydrogen) atoms. The fraction of sp³-hybridized carbons (Fsp3) is 0.625. The van der Waals surface area contributed by atoms with Crippen LogP contribution in [0.4, 0.5) is 5.69 Å². The molecule has 0 heterocycles. The van der Waals surface area contributed by atoms with Crippen LogP contribution >= 0.6 is 0 Å². The van der Waals surface area contributed by atoms with E-state index in [0.29, 0.717) is 12.1 Å². The lowest BCUT2D eigenvalue weighted by molar-refractivity contribution is 0.0669. The van der Waals surface area contributed by atoms with Crippen LogP contribution in [0.1, 0.15) is 43.2 Å². The monoisotopic (exact) mass is 245 g/mol. The predicted molar refractivity (Wildman–Crippen MR) is 75.1 cm³/mol. The summed E-state index contributed by atoms with van der Waals surface area (Å²) in [6, 6.07) is 7.50. The second kappa shape index (κ2) is 5.31. The van der Waals surface area contributed by atoms with Gasteiger partial charge in [-0.1, -0.05) is 6.07 Å². The normalized spacial score (nSPS) is 26.9. The molecule has 1 saturated carbocycles. The Morgan fingerprint density at radius 1 is 1.11 bits per heavy atom. The van der Waals surface area contributed by atoms with Crippen molar-refractivity contribution < 1.29 is 4.74 Å². The molecule has 2 atom stereocenters. The smallest absolute Gasteiger partial charge is 0.0590 e. The van der Waals surface area contributed by atoms with E-state index in [2.05, 4.69) is 23.5 Å². The summed E-state index contributed by atoms with van der Waals surface area (Å²) in [5.41, 5.74) is 4.41. The molecule has 0 amide bonds. The zero-order valence-corrected chi connectivity index (χ0v) is 11.2.